The van der Waals surface area contributed by atoms with E-state index in [0.717, 1.165) is 42.9 Å². The van der Waals surface area contributed by atoms with Crippen LogP contribution in [0.4, 0.5) is 5.95 Å². The summed E-state index contributed by atoms with van der Waals surface area (Å²) in [5.74, 6) is 1.28. The Morgan fingerprint density at radius 3 is 2.86 bits per heavy atom. The number of hydrogen-bond donors (Lipinski definition) is 2. The number of nitrogens with two attached hydrogens (primary N) is 1. The van der Waals surface area contributed by atoms with Gasteiger partial charge in [0.15, 0.2) is 0 Å². The predicted octanol–water partition coefficient (Wildman–Crippen LogP) is 2.29. The van der Waals surface area contributed by atoms with Crippen molar-refractivity contribution in [2.75, 3.05) is 38.7 Å². The number of ether oxygens (including phenoxy) is 1. The number of benzene rings is 1. The average Bonchev–Trinajstić information content (AvgIpc) is 3.25. The van der Waals surface area contributed by atoms with Gasteiger partial charge in [0.1, 0.15) is 0 Å². The summed E-state index contributed by atoms with van der Waals surface area (Å²) in [6.45, 7) is 3.22. The van der Waals surface area contributed by atoms with Crippen molar-refractivity contribution in [3.8, 4) is 11.1 Å². The molecule has 7 nitrogen and oxygen atoms in total. The Bertz CT molecular complexity index is 760. The number of nitrogens with one attached hydrogen (secondary N) is 1. The first kappa shape index (κ1) is 20.2. The smallest absolute Gasteiger partial charge is 0.236 e. The summed E-state index contributed by atoms with van der Waals surface area (Å²) in [5, 5.41) is 3.28. The van der Waals surface area contributed by atoms with Gasteiger partial charge in [-0.1, -0.05) is 18.2 Å². The molecule has 1 atom stereocenters. The maximum Gasteiger partial charge on any atom is 0.236 e. The van der Waals surface area contributed by atoms with Gasteiger partial charge in [-0.25, -0.2) is 9.97 Å². The molecule has 0 spiro atoms. The van der Waals surface area contributed by atoms with Gasteiger partial charge in [0, 0.05) is 51.3 Å². The number of carbonyl (C=O) groups excluding carboxylic acids is 1. The average molecular weight is 383 g/mol. The lowest BCUT2D eigenvalue weighted by molar-refractivity contribution is -0.128. The summed E-state index contributed by atoms with van der Waals surface area (Å²) in [6.07, 6.45) is 7.11. The lowest BCUT2D eigenvalue weighted by atomic mass is 10.0. The molecule has 0 radical (unpaired) electrons. The molecular weight excluding hydrogens is 354 g/mol. The molecule has 1 fully saturated rings. The molecule has 0 bridgehead atoms. The molecular formula is C21H29N5O2. The third kappa shape index (κ3) is 5.74. The third-order valence-corrected chi connectivity index (χ3v) is 5.03. The topological polar surface area (TPSA) is 93.4 Å². The first-order valence-electron chi connectivity index (χ1n) is 9.82. The van der Waals surface area contributed by atoms with E-state index in [0.29, 0.717) is 18.4 Å². The standard InChI is InChI=1S/C21H29N5O2/c1-26(20(27)11-22)14-17-4-2-6-18(10-17)19-12-24-21(25-13-19)23-8-3-5-16-7-9-28-15-16/h2,4,6,10,12-13,16H,3,5,7-9,11,14-15,22H2,1H3,(H,23,24,25). The van der Waals surface area contributed by atoms with Crippen LogP contribution in [0, 0.1) is 5.92 Å². The Kier molecular flexibility index (Phi) is 7.33. The van der Waals surface area contributed by atoms with Crippen LogP contribution in [0.1, 0.15) is 24.8 Å². The molecule has 1 amide bonds. The van der Waals surface area contributed by atoms with Crippen molar-refractivity contribution in [1.82, 2.24) is 14.9 Å². The van der Waals surface area contributed by atoms with E-state index in [4.69, 9.17) is 10.5 Å². The summed E-state index contributed by atoms with van der Waals surface area (Å²) in [5.41, 5.74) is 8.43. The van der Waals surface area contributed by atoms with E-state index >= 15 is 0 Å². The first-order valence-corrected chi connectivity index (χ1v) is 9.82. The zero-order valence-corrected chi connectivity index (χ0v) is 16.4. The van der Waals surface area contributed by atoms with Crippen LogP contribution >= 0.6 is 0 Å². The maximum atomic E-state index is 11.7. The molecule has 2 aromatic rings. The van der Waals surface area contributed by atoms with E-state index < -0.39 is 0 Å². The molecule has 150 valence electrons. The lowest BCUT2D eigenvalue weighted by Crippen LogP contribution is -2.32. The monoisotopic (exact) mass is 383 g/mol. The Hall–Kier alpha value is -2.51. The van der Waals surface area contributed by atoms with E-state index in [9.17, 15) is 4.79 Å². The van der Waals surface area contributed by atoms with E-state index in [-0.39, 0.29) is 12.5 Å². The molecule has 1 aliphatic rings. The summed E-state index contributed by atoms with van der Waals surface area (Å²) >= 11 is 0. The van der Waals surface area contributed by atoms with Crippen molar-refractivity contribution in [2.24, 2.45) is 11.7 Å². The lowest BCUT2D eigenvalue weighted by Gasteiger charge is -2.16. The Labute approximate surface area is 166 Å². The van der Waals surface area contributed by atoms with Crippen molar-refractivity contribution in [3.05, 3.63) is 42.2 Å². The molecule has 7 heteroatoms. The molecule has 0 aliphatic carbocycles. The Morgan fingerprint density at radius 2 is 2.14 bits per heavy atom. The normalized spacial score (nSPS) is 16.1. The van der Waals surface area contributed by atoms with Gasteiger partial charge in [0.2, 0.25) is 11.9 Å². The van der Waals surface area contributed by atoms with Gasteiger partial charge in [-0.2, -0.15) is 0 Å². The highest BCUT2D eigenvalue weighted by molar-refractivity contribution is 5.77. The second-order valence-electron chi connectivity index (χ2n) is 7.25. The summed E-state index contributed by atoms with van der Waals surface area (Å²) in [4.78, 5) is 22.1. The molecule has 1 aromatic heterocycles. The molecule has 3 N–H and O–H groups in total. The Balaban J connectivity index is 1.52. The largest absolute Gasteiger partial charge is 0.381 e. The quantitative estimate of drug-likeness (QED) is 0.646. The molecule has 1 aliphatic heterocycles. The van der Waals surface area contributed by atoms with Gasteiger partial charge in [-0.15, -0.1) is 0 Å². The zero-order chi connectivity index (χ0) is 19.8. The van der Waals surface area contributed by atoms with Crippen molar-refractivity contribution in [2.45, 2.75) is 25.8 Å². The Morgan fingerprint density at radius 1 is 1.32 bits per heavy atom. The van der Waals surface area contributed by atoms with Gasteiger partial charge in [0.25, 0.3) is 0 Å². The third-order valence-electron chi connectivity index (χ3n) is 5.03. The van der Waals surface area contributed by atoms with E-state index in [1.165, 1.54) is 12.8 Å². The van der Waals surface area contributed by atoms with Crippen molar-refractivity contribution >= 4 is 11.9 Å². The highest BCUT2D eigenvalue weighted by Gasteiger charge is 2.14. The number of anilines is 1. The molecule has 1 saturated heterocycles. The number of likely N-dealkylation sites (N-methyl/N-ethyl adjacent to an activating group) is 1. The van der Waals surface area contributed by atoms with Crippen LogP contribution in [0.15, 0.2) is 36.7 Å². The second-order valence-corrected chi connectivity index (χ2v) is 7.25. The highest BCUT2D eigenvalue weighted by atomic mass is 16.5. The number of hydrogen-bond acceptors (Lipinski definition) is 6. The summed E-state index contributed by atoms with van der Waals surface area (Å²) < 4.78 is 5.40. The van der Waals surface area contributed by atoms with E-state index in [1.807, 2.05) is 30.6 Å². The van der Waals surface area contributed by atoms with Crippen LogP contribution in [0.2, 0.25) is 0 Å². The minimum absolute atomic E-state index is 0.0208. The second kappa shape index (κ2) is 10.1. The molecule has 28 heavy (non-hydrogen) atoms. The highest BCUT2D eigenvalue weighted by Crippen LogP contribution is 2.21. The predicted molar refractivity (Wildman–Crippen MR) is 110 cm³/mol. The fourth-order valence-corrected chi connectivity index (χ4v) is 3.34. The van der Waals surface area contributed by atoms with Gasteiger partial charge in [-0.3, -0.25) is 4.79 Å². The van der Waals surface area contributed by atoms with Crippen LogP contribution in [-0.2, 0) is 16.1 Å². The van der Waals surface area contributed by atoms with Gasteiger partial charge in [-0.05, 0) is 42.4 Å². The number of nitrogens with zero attached hydrogens (tertiary/aromatic N) is 3. The van der Waals surface area contributed by atoms with Gasteiger partial charge < -0.3 is 20.7 Å². The van der Waals surface area contributed by atoms with Crippen molar-refractivity contribution in [1.29, 1.82) is 0 Å². The van der Waals surface area contributed by atoms with Crippen LogP contribution < -0.4 is 11.1 Å². The fraction of sp³-hybridized carbons (Fsp3) is 0.476. The van der Waals surface area contributed by atoms with Crippen molar-refractivity contribution < 1.29 is 9.53 Å². The minimum Gasteiger partial charge on any atom is -0.381 e. The van der Waals surface area contributed by atoms with E-state index in [2.05, 4.69) is 21.4 Å². The molecule has 0 saturated carbocycles. The SMILES string of the molecule is CN(Cc1cccc(-c2cnc(NCCCC3CCOC3)nc2)c1)C(=O)CN. The van der Waals surface area contributed by atoms with Gasteiger partial charge >= 0.3 is 0 Å². The van der Waals surface area contributed by atoms with Crippen LogP contribution in [-0.4, -0.2) is 54.1 Å². The minimum atomic E-state index is -0.0791. The van der Waals surface area contributed by atoms with E-state index in [1.54, 1.807) is 11.9 Å². The zero-order valence-electron chi connectivity index (χ0n) is 16.4. The molecule has 2 heterocycles. The fourth-order valence-electron chi connectivity index (χ4n) is 3.34. The molecule has 1 aromatic carbocycles. The number of rotatable bonds is 9. The first-order chi connectivity index (χ1) is 13.7. The van der Waals surface area contributed by atoms with Gasteiger partial charge in [0.05, 0.1) is 6.54 Å². The van der Waals surface area contributed by atoms with Crippen LogP contribution in [0.25, 0.3) is 11.1 Å². The number of aromatic nitrogens is 2. The molecule has 3 rings (SSSR count). The van der Waals surface area contributed by atoms with Crippen molar-refractivity contribution in [3.63, 3.8) is 0 Å². The summed E-state index contributed by atoms with van der Waals surface area (Å²) in [7, 11) is 1.76. The maximum absolute atomic E-state index is 11.7. The number of carbonyl (C=O) groups is 1. The van der Waals surface area contributed by atoms with Crippen LogP contribution in [0.5, 0.6) is 0 Å². The molecule has 1 unspecified atom stereocenters. The summed E-state index contributed by atoms with van der Waals surface area (Å²) in [6, 6.07) is 8.04. The van der Waals surface area contributed by atoms with Crippen LogP contribution in [0.3, 0.4) is 0 Å². The number of amides is 1.